The van der Waals surface area contributed by atoms with Crippen LogP contribution < -0.4 is 14.8 Å². The fraction of sp³-hybridized carbons (Fsp3) is 0.240. The zero-order valence-corrected chi connectivity index (χ0v) is 20.5. The second-order valence-electron chi connectivity index (χ2n) is 7.74. The zero-order chi connectivity index (χ0) is 24.2. The third kappa shape index (κ3) is 5.86. The summed E-state index contributed by atoms with van der Waals surface area (Å²) in [5.41, 5.74) is 3.60. The van der Waals surface area contributed by atoms with Crippen LogP contribution >= 0.6 is 11.6 Å². The molecule has 3 aromatic rings. The summed E-state index contributed by atoms with van der Waals surface area (Å²) in [5, 5.41) is 3.27. The van der Waals surface area contributed by atoms with Crippen LogP contribution in [0, 0.1) is 20.8 Å². The number of ether oxygens (including phenoxy) is 1. The molecule has 0 spiro atoms. The minimum Gasteiger partial charge on any atom is -0.480 e. The van der Waals surface area contributed by atoms with Crippen molar-refractivity contribution in [3.63, 3.8) is 0 Å². The highest BCUT2D eigenvalue weighted by atomic mass is 35.5. The van der Waals surface area contributed by atoms with Crippen molar-refractivity contribution in [3.05, 3.63) is 82.4 Å². The van der Waals surface area contributed by atoms with E-state index in [0.29, 0.717) is 34.1 Å². The molecule has 174 valence electrons. The number of sulfonamides is 1. The van der Waals surface area contributed by atoms with Gasteiger partial charge in [-0.2, -0.15) is 0 Å². The summed E-state index contributed by atoms with van der Waals surface area (Å²) in [4.78, 5) is 12.8. The molecule has 2 N–H and O–H groups in total. The van der Waals surface area contributed by atoms with Crippen LogP contribution in [0.4, 0.5) is 11.4 Å². The van der Waals surface area contributed by atoms with Gasteiger partial charge in [-0.15, -0.1) is 0 Å². The van der Waals surface area contributed by atoms with Crippen molar-refractivity contribution in [1.82, 2.24) is 0 Å². The second-order valence-corrected chi connectivity index (χ2v) is 9.83. The highest BCUT2D eigenvalue weighted by Gasteiger charge is 2.21. The van der Waals surface area contributed by atoms with Crippen molar-refractivity contribution in [2.24, 2.45) is 0 Å². The minimum atomic E-state index is -3.81. The summed E-state index contributed by atoms with van der Waals surface area (Å²) < 4.78 is 34.0. The summed E-state index contributed by atoms with van der Waals surface area (Å²) in [6, 6.07) is 16.7. The molecule has 3 aromatic carbocycles. The first-order valence-electron chi connectivity index (χ1n) is 10.5. The Bertz CT molecular complexity index is 1260. The molecule has 0 unspecified atom stereocenters. The van der Waals surface area contributed by atoms with Crippen LogP contribution in [0.5, 0.6) is 5.75 Å². The van der Waals surface area contributed by atoms with Crippen LogP contribution in [0.25, 0.3) is 0 Å². The molecule has 0 aliphatic carbocycles. The molecule has 0 saturated heterocycles. The Balaban J connectivity index is 1.70. The molecular weight excluding hydrogens is 460 g/mol. The Hall–Kier alpha value is -3.03. The number of aryl methyl sites for hydroxylation is 1. The van der Waals surface area contributed by atoms with E-state index in [1.165, 1.54) is 12.1 Å². The molecule has 1 atom stereocenters. The Morgan fingerprint density at radius 2 is 1.64 bits per heavy atom. The van der Waals surface area contributed by atoms with E-state index in [1.54, 1.807) is 37.3 Å². The number of rotatable bonds is 8. The van der Waals surface area contributed by atoms with Gasteiger partial charge in [0, 0.05) is 10.7 Å². The van der Waals surface area contributed by atoms with E-state index >= 15 is 0 Å². The molecule has 0 aliphatic rings. The van der Waals surface area contributed by atoms with Crippen LogP contribution in [0.3, 0.4) is 0 Å². The molecule has 3 rings (SSSR count). The number of amides is 1. The van der Waals surface area contributed by atoms with Crippen LogP contribution in [0.15, 0.2) is 65.6 Å². The predicted octanol–water partition coefficient (Wildman–Crippen LogP) is 5.86. The molecule has 6 nitrogen and oxygen atoms in total. The van der Waals surface area contributed by atoms with E-state index in [1.807, 2.05) is 39.0 Å². The molecule has 0 saturated carbocycles. The maximum atomic E-state index is 12.8. The molecule has 1 amide bonds. The van der Waals surface area contributed by atoms with Gasteiger partial charge in [-0.05, 0) is 86.3 Å². The third-order valence-electron chi connectivity index (χ3n) is 5.43. The molecule has 0 heterocycles. The van der Waals surface area contributed by atoms with Crippen LogP contribution in [-0.2, 0) is 14.8 Å². The number of carbonyl (C=O) groups is 1. The quantitative estimate of drug-likeness (QED) is 0.417. The maximum Gasteiger partial charge on any atom is 0.265 e. The smallest absolute Gasteiger partial charge is 0.265 e. The number of anilines is 2. The predicted molar refractivity (Wildman–Crippen MR) is 133 cm³/mol. The van der Waals surface area contributed by atoms with Crippen molar-refractivity contribution in [1.29, 1.82) is 0 Å². The SMILES string of the molecule is CC[C@@H](Oc1cccc(C)c1C)C(=O)Nc1ccc(S(=O)(=O)Nc2cccc(Cl)c2C)cc1. The van der Waals surface area contributed by atoms with Crippen molar-refractivity contribution in [3.8, 4) is 5.75 Å². The van der Waals surface area contributed by atoms with E-state index in [4.69, 9.17) is 16.3 Å². The van der Waals surface area contributed by atoms with Gasteiger partial charge < -0.3 is 10.1 Å². The minimum absolute atomic E-state index is 0.0681. The molecule has 33 heavy (non-hydrogen) atoms. The maximum absolute atomic E-state index is 12.8. The monoisotopic (exact) mass is 486 g/mol. The first kappa shape index (κ1) is 24.6. The van der Waals surface area contributed by atoms with Crippen LogP contribution in [0.1, 0.15) is 30.0 Å². The van der Waals surface area contributed by atoms with Crippen LogP contribution in [-0.4, -0.2) is 20.4 Å². The topological polar surface area (TPSA) is 84.5 Å². The summed E-state index contributed by atoms with van der Waals surface area (Å²) in [7, 11) is -3.81. The average molecular weight is 487 g/mol. The van der Waals surface area contributed by atoms with E-state index in [9.17, 15) is 13.2 Å². The third-order valence-corrected chi connectivity index (χ3v) is 7.22. The lowest BCUT2D eigenvalue weighted by atomic mass is 10.1. The fourth-order valence-corrected chi connectivity index (χ4v) is 4.49. The number of halogens is 1. The Kier molecular flexibility index (Phi) is 7.66. The van der Waals surface area contributed by atoms with Crippen molar-refractivity contribution in [2.45, 2.75) is 45.1 Å². The van der Waals surface area contributed by atoms with Gasteiger partial charge in [-0.3, -0.25) is 9.52 Å². The van der Waals surface area contributed by atoms with E-state index in [2.05, 4.69) is 10.0 Å². The van der Waals surface area contributed by atoms with E-state index in [-0.39, 0.29) is 10.8 Å². The molecule has 8 heteroatoms. The van der Waals surface area contributed by atoms with Gasteiger partial charge in [-0.25, -0.2) is 8.42 Å². The summed E-state index contributed by atoms with van der Waals surface area (Å²) in [6.45, 7) is 7.55. The lowest BCUT2D eigenvalue weighted by Gasteiger charge is -2.19. The molecular formula is C25H27ClN2O4S. The standard InChI is InChI=1S/C25H27ClN2O4S/c1-5-23(32-24-11-6-8-16(2)17(24)3)25(29)27-19-12-14-20(15-13-19)33(30,31)28-22-10-7-9-21(26)18(22)4/h6-15,23,28H,5H2,1-4H3,(H,27,29)/t23-/m1/s1. The first-order chi connectivity index (χ1) is 15.6. The average Bonchev–Trinajstić information content (AvgIpc) is 2.78. The van der Waals surface area contributed by atoms with E-state index in [0.717, 1.165) is 11.1 Å². The van der Waals surface area contributed by atoms with Gasteiger partial charge in [-0.1, -0.05) is 36.7 Å². The van der Waals surface area contributed by atoms with Gasteiger partial charge in [0.25, 0.3) is 15.9 Å². The lowest BCUT2D eigenvalue weighted by Crippen LogP contribution is -2.32. The van der Waals surface area contributed by atoms with Gasteiger partial charge in [0.2, 0.25) is 0 Å². The zero-order valence-electron chi connectivity index (χ0n) is 19.0. The van der Waals surface area contributed by atoms with E-state index < -0.39 is 16.1 Å². The number of nitrogens with one attached hydrogen (secondary N) is 2. The van der Waals surface area contributed by atoms with Gasteiger partial charge in [0.15, 0.2) is 6.10 Å². The number of carbonyl (C=O) groups excluding carboxylic acids is 1. The number of hydrogen-bond acceptors (Lipinski definition) is 4. The van der Waals surface area contributed by atoms with Crippen molar-refractivity contribution in [2.75, 3.05) is 10.0 Å². The lowest BCUT2D eigenvalue weighted by molar-refractivity contribution is -0.122. The fourth-order valence-electron chi connectivity index (χ4n) is 3.19. The van der Waals surface area contributed by atoms with Crippen molar-refractivity contribution < 1.29 is 17.9 Å². The normalized spacial score (nSPS) is 12.2. The summed E-state index contributed by atoms with van der Waals surface area (Å²) >= 11 is 6.08. The summed E-state index contributed by atoms with van der Waals surface area (Å²) in [5.74, 6) is 0.363. The molecule has 0 aliphatic heterocycles. The van der Waals surface area contributed by atoms with Gasteiger partial charge >= 0.3 is 0 Å². The molecule has 0 radical (unpaired) electrons. The van der Waals surface area contributed by atoms with Crippen molar-refractivity contribution >= 4 is 38.9 Å². The summed E-state index contributed by atoms with van der Waals surface area (Å²) in [6.07, 6.45) is -0.199. The highest BCUT2D eigenvalue weighted by Crippen LogP contribution is 2.26. The first-order valence-corrected chi connectivity index (χ1v) is 12.4. The van der Waals surface area contributed by atoms with Gasteiger partial charge in [0.05, 0.1) is 10.6 Å². The molecule has 0 aromatic heterocycles. The second kappa shape index (κ2) is 10.3. The Labute approximate surface area is 200 Å². The Morgan fingerprint density at radius 1 is 0.970 bits per heavy atom. The highest BCUT2D eigenvalue weighted by molar-refractivity contribution is 7.92. The number of benzene rings is 3. The largest absolute Gasteiger partial charge is 0.480 e. The molecule has 0 bridgehead atoms. The molecule has 0 fully saturated rings. The van der Waals surface area contributed by atoms with Crippen LogP contribution in [0.2, 0.25) is 5.02 Å². The number of hydrogen-bond donors (Lipinski definition) is 2. The van der Waals surface area contributed by atoms with Gasteiger partial charge in [0.1, 0.15) is 5.75 Å². The Morgan fingerprint density at radius 3 is 2.30 bits per heavy atom.